The number of hydrogen-bond acceptors (Lipinski definition) is 4. The summed E-state index contributed by atoms with van der Waals surface area (Å²) in [5.41, 5.74) is 2.35. The van der Waals surface area contributed by atoms with Crippen LogP contribution < -0.4 is 5.32 Å². The van der Waals surface area contributed by atoms with Crippen LogP contribution in [0.2, 0.25) is 0 Å². The minimum atomic E-state index is -0.216. The van der Waals surface area contributed by atoms with Crippen LogP contribution in [0.25, 0.3) is 10.6 Å². The molecule has 0 bridgehead atoms. The van der Waals surface area contributed by atoms with Crippen LogP contribution in [0.1, 0.15) is 15.9 Å². The van der Waals surface area contributed by atoms with E-state index in [0.29, 0.717) is 23.6 Å². The van der Waals surface area contributed by atoms with Gasteiger partial charge in [-0.05, 0) is 29.1 Å². The Hall–Kier alpha value is -3.25. The second kappa shape index (κ2) is 7.33. The minimum absolute atomic E-state index is 0.216. The molecule has 1 aromatic carbocycles. The lowest BCUT2D eigenvalue weighted by Gasteiger charge is -2.03. The summed E-state index contributed by atoms with van der Waals surface area (Å²) < 4.78 is 1.80. The maximum absolute atomic E-state index is 12.8. The fourth-order valence-electron chi connectivity index (χ4n) is 2.65. The van der Waals surface area contributed by atoms with Crippen LogP contribution in [-0.2, 0) is 6.54 Å². The molecule has 128 valence electrons. The highest BCUT2D eigenvalue weighted by Gasteiger charge is 2.19. The Labute approximate surface area is 155 Å². The van der Waals surface area contributed by atoms with Gasteiger partial charge >= 0.3 is 0 Å². The van der Waals surface area contributed by atoms with E-state index in [1.165, 1.54) is 0 Å². The quantitative estimate of drug-likeness (QED) is 0.577. The highest BCUT2D eigenvalue weighted by atomic mass is 32.1. The molecule has 0 spiro atoms. The van der Waals surface area contributed by atoms with Crippen molar-refractivity contribution in [1.29, 1.82) is 0 Å². The van der Waals surface area contributed by atoms with Gasteiger partial charge < -0.3 is 5.32 Å². The molecule has 3 aromatic heterocycles. The molecule has 0 radical (unpaired) electrons. The van der Waals surface area contributed by atoms with E-state index in [9.17, 15) is 4.79 Å². The fourth-order valence-corrected chi connectivity index (χ4v) is 3.38. The Kier molecular flexibility index (Phi) is 4.57. The van der Waals surface area contributed by atoms with E-state index in [0.717, 1.165) is 10.4 Å². The van der Waals surface area contributed by atoms with Crippen LogP contribution in [0, 0.1) is 0 Å². The Bertz CT molecular complexity index is 995. The second-order valence-electron chi connectivity index (χ2n) is 5.72. The van der Waals surface area contributed by atoms with E-state index >= 15 is 0 Å². The van der Waals surface area contributed by atoms with E-state index < -0.39 is 0 Å². The Morgan fingerprint density at radius 2 is 1.88 bits per heavy atom. The van der Waals surface area contributed by atoms with E-state index in [2.05, 4.69) is 15.4 Å². The van der Waals surface area contributed by atoms with Crippen LogP contribution in [0.15, 0.2) is 78.4 Å². The number of nitrogens with zero attached hydrogens (tertiary/aromatic N) is 3. The van der Waals surface area contributed by atoms with Gasteiger partial charge in [-0.15, -0.1) is 11.3 Å². The van der Waals surface area contributed by atoms with Crippen molar-refractivity contribution in [2.24, 2.45) is 0 Å². The lowest BCUT2D eigenvalue weighted by molar-refractivity contribution is 0.102. The maximum atomic E-state index is 12.8. The number of hydrogen-bond donors (Lipinski definition) is 1. The number of carbonyl (C=O) groups excluding carboxylic acids is 1. The van der Waals surface area contributed by atoms with Gasteiger partial charge in [-0.3, -0.25) is 9.48 Å². The van der Waals surface area contributed by atoms with Gasteiger partial charge in [0.25, 0.3) is 5.91 Å². The molecule has 0 aliphatic carbocycles. The third-order valence-corrected chi connectivity index (χ3v) is 4.73. The molecule has 0 unspecified atom stereocenters. The molecule has 6 heteroatoms. The van der Waals surface area contributed by atoms with Gasteiger partial charge in [-0.25, -0.2) is 4.98 Å². The number of aromatic nitrogens is 3. The van der Waals surface area contributed by atoms with Gasteiger partial charge in [-0.2, -0.15) is 5.10 Å². The van der Waals surface area contributed by atoms with Crippen molar-refractivity contribution in [2.75, 3.05) is 5.32 Å². The van der Waals surface area contributed by atoms with Gasteiger partial charge in [0.2, 0.25) is 0 Å². The summed E-state index contributed by atoms with van der Waals surface area (Å²) in [6.07, 6.45) is 3.44. The summed E-state index contributed by atoms with van der Waals surface area (Å²) in [6.45, 7) is 0.607. The number of pyridine rings is 1. The zero-order chi connectivity index (χ0) is 17.8. The van der Waals surface area contributed by atoms with Crippen LogP contribution in [0.3, 0.4) is 0 Å². The highest BCUT2D eigenvalue weighted by Crippen LogP contribution is 2.27. The lowest BCUT2D eigenvalue weighted by atomic mass is 10.2. The fraction of sp³-hybridized carbons (Fsp3) is 0.0500. The monoisotopic (exact) mass is 360 g/mol. The van der Waals surface area contributed by atoms with Gasteiger partial charge in [0.1, 0.15) is 11.5 Å². The third kappa shape index (κ3) is 3.55. The first-order valence-electron chi connectivity index (χ1n) is 8.17. The van der Waals surface area contributed by atoms with Crippen LogP contribution in [0.4, 0.5) is 5.82 Å². The van der Waals surface area contributed by atoms with Crippen molar-refractivity contribution in [3.8, 4) is 10.6 Å². The van der Waals surface area contributed by atoms with Crippen molar-refractivity contribution in [3.63, 3.8) is 0 Å². The molecule has 1 N–H and O–H groups in total. The predicted molar refractivity (Wildman–Crippen MR) is 103 cm³/mol. The Morgan fingerprint density at radius 1 is 1.04 bits per heavy atom. The van der Waals surface area contributed by atoms with Crippen molar-refractivity contribution in [1.82, 2.24) is 14.8 Å². The SMILES string of the molecule is O=C(Nc1ccccn1)c1cn(Cc2ccccc2)nc1-c1cccs1. The molecular formula is C20H16N4OS. The van der Waals surface area contributed by atoms with E-state index in [-0.39, 0.29) is 5.91 Å². The third-order valence-electron chi connectivity index (χ3n) is 3.85. The average molecular weight is 360 g/mol. The van der Waals surface area contributed by atoms with Crippen molar-refractivity contribution in [3.05, 3.63) is 89.6 Å². The first kappa shape index (κ1) is 16.2. The molecule has 4 rings (SSSR count). The summed E-state index contributed by atoms with van der Waals surface area (Å²) in [5, 5.41) is 9.47. The summed E-state index contributed by atoms with van der Waals surface area (Å²) in [4.78, 5) is 17.9. The normalized spacial score (nSPS) is 10.6. The standard InChI is InChI=1S/C20H16N4OS/c25-20(22-18-10-4-5-11-21-18)16-14-24(13-15-7-2-1-3-8-15)23-19(16)17-9-6-12-26-17/h1-12,14H,13H2,(H,21,22,25). The van der Waals surface area contributed by atoms with E-state index in [1.807, 2.05) is 60.0 Å². The minimum Gasteiger partial charge on any atom is -0.306 e. The van der Waals surface area contributed by atoms with Crippen LogP contribution in [0.5, 0.6) is 0 Å². The number of anilines is 1. The van der Waals surface area contributed by atoms with Gasteiger partial charge in [-0.1, -0.05) is 42.5 Å². The molecule has 4 aromatic rings. The molecule has 5 nitrogen and oxygen atoms in total. The predicted octanol–water partition coefficient (Wildman–Crippen LogP) is 4.31. The second-order valence-corrected chi connectivity index (χ2v) is 6.67. The zero-order valence-electron chi connectivity index (χ0n) is 13.9. The summed E-state index contributed by atoms with van der Waals surface area (Å²) in [5.74, 6) is 0.303. The molecule has 0 fully saturated rings. The number of carbonyl (C=O) groups is 1. The van der Waals surface area contributed by atoms with Crippen LogP contribution in [-0.4, -0.2) is 20.7 Å². The highest BCUT2D eigenvalue weighted by molar-refractivity contribution is 7.13. The first-order valence-corrected chi connectivity index (χ1v) is 9.05. The molecule has 0 aliphatic heterocycles. The number of amides is 1. The smallest absolute Gasteiger partial charge is 0.260 e. The topological polar surface area (TPSA) is 59.8 Å². The van der Waals surface area contributed by atoms with Gasteiger partial charge in [0.05, 0.1) is 17.0 Å². The molecule has 26 heavy (non-hydrogen) atoms. The summed E-state index contributed by atoms with van der Waals surface area (Å²) in [6, 6.07) is 19.4. The maximum Gasteiger partial charge on any atom is 0.260 e. The van der Waals surface area contributed by atoms with E-state index in [1.54, 1.807) is 34.5 Å². The molecule has 0 atom stereocenters. The van der Waals surface area contributed by atoms with Crippen molar-refractivity contribution < 1.29 is 4.79 Å². The molecule has 1 amide bonds. The summed E-state index contributed by atoms with van der Waals surface area (Å²) in [7, 11) is 0. The molecule has 0 saturated heterocycles. The first-order chi connectivity index (χ1) is 12.8. The Morgan fingerprint density at radius 3 is 2.62 bits per heavy atom. The molecule has 0 saturated carbocycles. The molecule has 3 heterocycles. The summed E-state index contributed by atoms with van der Waals surface area (Å²) >= 11 is 1.56. The molecular weight excluding hydrogens is 344 g/mol. The zero-order valence-corrected chi connectivity index (χ0v) is 14.7. The van der Waals surface area contributed by atoms with Crippen molar-refractivity contribution >= 4 is 23.1 Å². The number of rotatable bonds is 5. The largest absolute Gasteiger partial charge is 0.306 e. The number of thiophene rings is 1. The average Bonchev–Trinajstić information content (AvgIpc) is 3.33. The van der Waals surface area contributed by atoms with Crippen molar-refractivity contribution in [2.45, 2.75) is 6.54 Å². The van der Waals surface area contributed by atoms with Gasteiger partial charge in [0.15, 0.2) is 0 Å². The van der Waals surface area contributed by atoms with Gasteiger partial charge in [0, 0.05) is 12.4 Å². The number of benzene rings is 1. The van der Waals surface area contributed by atoms with Crippen LogP contribution >= 0.6 is 11.3 Å². The van der Waals surface area contributed by atoms with E-state index in [4.69, 9.17) is 0 Å². The lowest BCUT2D eigenvalue weighted by Crippen LogP contribution is -2.13. The number of nitrogens with one attached hydrogen (secondary N) is 1. The Balaban J connectivity index is 1.66. The molecule has 0 aliphatic rings.